The molecule has 1 saturated heterocycles. The summed E-state index contributed by atoms with van der Waals surface area (Å²) in [5.74, 6) is -0.477. The van der Waals surface area contributed by atoms with Crippen molar-refractivity contribution in [3.8, 4) is 11.5 Å². The van der Waals surface area contributed by atoms with E-state index in [1.54, 1.807) is 43.6 Å². The molecule has 1 aliphatic heterocycles. The summed E-state index contributed by atoms with van der Waals surface area (Å²) in [6, 6.07) is 13.3. The highest BCUT2D eigenvalue weighted by Crippen LogP contribution is 2.44. The van der Waals surface area contributed by atoms with Gasteiger partial charge in [0.15, 0.2) is 5.13 Å². The quantitative estimate of drug-likeness (QED) is 0.210. The number of carbonyl (C=O) groups is 2. The maximum absolute atomic E-state index is 13.5. The molecule has 37 heavy (non-hydrogen) atoms. The molecule has 2 aromatic heterocycles. The molecule has 3 heterocycles. The van der Waals surface area contributed by atoms with Gasteiger partial charge in [0.05, 0.1) is 35.2 Å². The standard InChI is InChI=1S/C28H25N3O5S/c1-5-36-17-9-10-19-22(14-17)37-28(30-19)31-24(20-8-6-7-11-29-20)23(26(33)27(31)34)25(32)18-12-16(3)21(35-4)13-15(18)2/h6-14,24,32H,5H2,1-4H3/b25-23+. The largest absolute Gasteiger partial charge is 0.507 e. The average Bonchev–Trinajstić information content (AvgIpc) is 3.43. The second-order valence-electron chi connectivity index (χ2n) is 8.62. The van der Waals surface area contributed by atoms with Crippen LogP contribution in [0.4, 0.5) is 5.13 Å². The van der Waals surface area contributed by atoms with Crippen LogP contribution in [0.5, 0.6) is 11.5 Å². The number of amides is 1. The summed E-state index contributed by atoms with van der Waals surface area (Å²) in [6.45, 7) is 6.09. The lowest BCUT2D eigenvalue weighted by atomic mass is 9.95. The molecule has 0 aliphatic carbocycles. The number of aliphatic hydroxyl groups is 1. The van der Waals surface area contributed by atoms with Crippen molar-refractivity contribution in [2.75, 3.05) is 18.6 Å². The molecule has 1 aliphatic rings. The third-order valence-electron chi connectivity index (χ3n) is 6.28. The molecule has 0 spiro atoms. The fourth-order valence-corrected chi connectivity index (χ4v) is 5.53. The maximum atomic E-state index is 13.5. The summed E-state index contributed by atoms with van der Waals surface area (Å²) in [7, 11) is 1.57. The highest BCUT2D eigenvalue weighted by Gasteiger charge is 2.49. The van der Waals surface area contributed by atoms with Crippen LogP contribution < -0.4 is 14.4 Å². The van der Waals surface area contributed by atoms with E-state index in [9.17, 15) is 14.7 Å². The number of aryl methyl sites for hydroxylation is 2. The highest BCUT2D eigenvalue weighted by atomic mass is 32.1. The SMILES string of the molecule is CCOc1ccc2nc(N3C(=O)C(=O)/C(=C(/O)c4cc(C)c(OC)cc4C)C3c3ccccn3)sc2c1. The van der Waals surface area contributed by atoms with Crippen molar-refractivity contribution < 1.29 is 24.2 Å². The fourth-order valence-electron chi connectivity index (χ4n) is 4.51. The Balaban J connectivity index is 1.70. The molecule has 188 valence electrons. The second-order valence-corrected chi connectivity index (χ2v) is 9.63. The van der Waals surface area contributed by atoms with Gasteiger partial charge in [-0.15, -0.1) is 0 Å². The zero-order valence-corrected chi connectivity index (χ0v) is 21.6. The van der Waals surface area contributed by atoms with Crippen LogP contribution in [-0.2, 0) is 9.59 Å². The van der Waals surface area contributed by atoms with E-state index in [-0.39, 0.29) is 11.3 Å². The predicted octanol–water partition coefficient (Wildman–Crippen LogP) is 5.34. The van der Waals surface area contributed by atoms with Crippen molar-refractivity contribution >= 4 is 44.1 Å². The number of Topliss-reactive ketones (excluding diaryl/α,β-unsaturated/α-hetero) is 1. The summed E-state index contributed by atoms with van der Waals surface area (Å²) < 4.78 is 11.8. The lowest BCUT2D eigenvalue weighted by Crippen LogP contribution is -2.29. The predicted molar refractivity (Wildman–Crippen MR) is 142 cm³/mol. The Morgan fingerprint density at radius 3 is 2.62 bits per heavy atom. The van der Waals surface area contributed by atoms with E-state index in [0.717, 1.165) is 10.3 Å². The Morgan fingerprint density at radius 2 is 1.92 bits per heavy atom. The number of ketones is 1. The van der Waals surface area contributed by atoms with Gasteiger partial charge in [0, 0.05) is 11.8 Å². The molecule has 1 fully saturated rings. The third-order valence-corrected chi connectivity index (χ3v) is 7.29. The number of carbonyl (C=O) groups excluding carboxylic acids is 2. The van der Waals surface area contributed by atoms with Crippen molar-refractivity contribution in [2.45, 2.75) is 26.8 Å². The van der Waals surface area contributed by atoms with Gasteiger partial charge >= 0.3 is 5.91 Å². The minimum atomic E-state index is -0.949. The van der Waals surface area contributed by atoms with E-state index in [1.165, 1.54) is 16.2 Å². The van der Waals surface area contributed by atoms with Gasteiger partial charge in [0.2, 0.25) is 0 Å². The Bertz CT molecular complexity index is 1560. The van der Waals surface area contributed by atoms with E-state index < -0.39 is 17.7 Å². The topological polar surface area (TPSA) is 102 Å². The van der Waals surface area contributed by atoms with Gasteiger partial charge in [-0.2, -0.15) is 0 Å². The number of fused-ring (bicyclic) bond motifs is 1. The van der Waals surface area contributed by atoms with Crippen LogP contribution in [0, 0.1) is 13.8 Å². The lowest BCUT2D eigenvalue weighted by Gasteiger charge is -2.22. The van der Waals surface area contributed by atoms with E-state index >= 15 is 0 Å². The summed E-state index contributed by atoms with van der Waals surface area (Å²) in [5.41, 5.74) is 3.02. The number of pyridine rings is 1. The molecule has 1 amide bonds. The number of ether oxygens (including phenoxy) is 2. The van der Waals surface area contributed by atoms with E-state index in [0.29, 0.717) is 45.6 Å². The van der Waals surface area contributed by atoms with E-state index in [1.807, 2.05) is 39.0 Å². The number of methoxy groups -OCH3 is 1. The van der Waals surface area contributed by atoms with Crippen molar-refractivity contribution in [1.29, 1.82) is 0 Å². The number of aromatic nitrogens is 2. The molecule has 1 unspecified atom stereocenters. The minimum absolute atomic E-state index is 0.0365. The number of thiazole rings is 1. The van der Waals surface area contributed by atoms with Crippen LogP contribution in [0.1, 0.15) is 35.3 Å². The monoisotopic (exact) mass is 515 g/mol. The normalized spacial score (nSPS) is 17.0. The molecule has 1 N–H and O–H groups in total. The summed E-state index contributed by atoms with van der Waals surface area (Å²) in [4.78, 5) is 37.3. The van der Waals surface area contributed by atoms with Crippen molar-refractivity contribution in [3.63, 3.8) is 0 Å². The van der Waals surface area contributed by atoms with Crippen LogP contribution in [0.25, 0.3) is 16.0 Å². The zero-order valence-electron chi connectivity index (χ0n) is 20.8. The van der Waals surface area contributed by atoms with Crippen molar-refractivity contribution in [1.82, 2.24) is 9.97 Å². The van der Waals surface area contributed by atoms with Crippen molar-refractivity contribution in [3.05, 3.63) is 82.7 Å². The van der Waals surface area contributed by atoms with Gasteiger partial charge in [-0.1, -0.05) is 17.4 Å². The van der Waals surface area contributed by atoms with Crippen LogP contribution in [0.2, 0.25) is 0 Å². The average molecular weight is 516 g/mol. The molecule has 1 atom stereocenters. The van der Waals surface area contributed by atoms with Crippen LogP contribution >= 0.6 is 11.3 Å². The Labute approximate surface area is 217 Å². The fraction of sp³-hybridized carbons (Fsp3) is 0.214. The number of benzene rings is 2. The third kappa shape index (κ3) is 4.21. The Kier molecular flexibility index (Phi) is 6.39. The van der Waals surface area contributed by atoms with Crippen LogP contribution in [-0.4, -0.2) is 40.5 Å². The van der Waals surface area contributed by atoms with E-state index in [2.05, 4.69) is 9.97 Å². The van der Waals surface area contributed by atoms with Gasteiger partial charge in [-0.3, -0.25) is 19.5 Å². The number of hydrogen-bond acceptors (Lipinski definition) is 8. The molecule has 5 rings (SSSR count). The molecule has 9 heteroatoms. The molecule has 2 aromatic carbocycles. The first kappa shape index (κ1) is 24.5. The second kappa shape index (κ2) is 9.67. The molecule has 0 radical (unpaired) electrons. The molecule has 8 nitrogen and oxygen atoms in total. The number of anilines is 1. The highest BCUT2D eigenvalue weighted by molar-refractivity contribution is 7.22. The Morgan fingerprint density at radius 1 is 1.11 bits per heavy atom. The number of aliphatic hydroxyl groups excluding tert-OH is 1. The number of nitrogens with zero attached hydrogens (tertiary/aromatic N) is 3. The minimum Gasteiger partial charge on any atom is -0.507 e. The van der Waals surface area contributed by atoms with Gasteiger partial charge in [0.25, 0.3) is 5.78 Å². The van der Waals surface area contributed by atoms with Crippen LogP contribution in [0.3, 0.4) is 0 Å². The molecular weight excluding hydrogens is 490 g/mol. The van der Waals surface area contributed by atoms with Gasteiger partial charge < -0.3 is 14.6 Å². The molecule has 0 saturated carbocycles. The maximum Gasteiger partial charge on any atom is 0.301 e. The van der Waals surface area contributed by atoms with Gasteiger partial charge in [-0.05, 0) is 74.4 Å². The Hall–Kier alpha value is -4.24. The first-order valence-corrected chi connectivity index (χ1v) is 12.6. The molecule has 0 bridgehead atoms. The van der Waals surface area contributed by atoms with Gasteiger partial charge in [0.1, 0.15) is 23.3 Å². The van der Waals surface area contributed by atoms with Crippen molar-refractivity contribution in [2.24, 2.45) is 0 Å². The summed E-state index contributed by atoms with van der Waals surface area (Å²) in [6.07, 6.45) is 1.59. The zero-order chi connectivity index (χ0) is 26.3. The molecular formula is C28H25N3O5S. The number of rotatable bonds is 6. The molecule has 4 aromatic rings. The first-order chi connectivity index (χ1) is 17.8. The smallest absolute Gasteiger partial charge is 0.301 e. The van der Waals surface area contributed by atoms with Gasteiger partial charge in [-0.25, -0.2) is 4.98 Å². The first-order valence-electron chi connectivity index (χ1n) is 11.7. The van der Waals surface area contributed by atoms with Crippen LogP contribution in [0.15, 0.2) is 60.3 Å². The lowest BCUT2D eigenvalue weighted by molar-refractivity contribution is -0.132. The summed E-state index contributed by atoms with van der Waals surface area (Å²) >= 11 is 1.27. The van der Waals surface area contributed by atoms with E-state index in [4.69, 9.17) is 9.47 Å². The number of hydrogen-bond donors (Lipinski definition) is 1. The summed E-state index contributed by atoms with van der Waals surface area (Å²) in [5, 5.41) is 11.8.